The van der Waals surface area contributed by atoms with Crippen LogP contribution in [0.25, 0.3) is 0 Å². The molecule has 3 N–H and O–H groups in total. The van der Waals surface area contributed by atoms with E-state index in [4.69, 9.17) is 4.74 Å². The van der Waals surface area contributed by atoms with Gasteiger partial charge in [-0.3, -0.25) is 0 Å². The summed E-state index contributed by atoms with van der Waals surface area (Å²) in [6.07, 6.45) is 8.23. The number of amides is 1. The molecule has 2 heterocycles. The van der Waals surface area contributed by atoms with E-state index < -0.39 is 18.1 Å². The fourth-order valence-corrected chi connectivity index (χ4v) is 5.16. The van der Waals surface area contributed by atoms with E-state index in [2.05, 4.69) is 16.7 Å². The van der Waals surface area contributed by atoms with Crippen molar-refractivity contribution in [2.75, 3.05) is 13.1 Å². The second-order valence-corrected chi connectivity index (χ2v) is 9.71. The molecule has 0 spiro atoms. The fourth-order valence-electron chi connectivity index (χ4n) is 4.05. The van der Waals surface area contributed by atoms with Gasteiger partial charge in [0.15, 0.2) is 0 Å². The number of aryl methyl sites for hydroxylation is 1. The number of thiophene rings is 1. The Balaban J connectivity index is 1.36. The van der Waals surface area contributed by atoms with Crippen molar-refractivity contribution in [2.45, 2.75) is 64.0 Å². The maximum absolute atomic E-state index is 12.0. The molecule has 1 aromatic carbocycles. The maximum Gasteiger partial charge on any atom is 0.408 e. The Morgan fingerprint density at radius 1 is 1.06 bits per heavy atom. The van der Waals surface area contributed by atoms with Gasteiger partial charge in [0.05, 0.1) is 0 Å². The Kier molecular flexibility index (Phi) is 10.0. The molecule has 7 heteroatoms. The van der Waals surface area contributed by atoms with Crippen LogP contribution in [0, 0.1) is 5.92 Å². The smallest absolute Gasteiger partial charge is 0.408 e. The Bertz CT molecular complexity index is 833. The minimum Gasteiger partial charge on any atom is -0.480 e. The van der Waals surface area contributed by atoms with Crippen LogP contribution in [0.15, 0.2) is 42.5 Å². The van der Waals surface area contributed by atoms with Crippen LogP contribution >= 0.6 is 11.3 Å². The predicted molar refractivity (Wildman–Crippen MR) is 127 cm³/mol. The zero-order valence-corrected chi connectivity index (χ0v) is 19.4. The first-order chi connectivity index (χ1) is 15.6. The van der Waals surface area contributed by atoms with E-state index >= 15 is 0 Å². The lowest BCUT2D eigenvalue weighted by Gasteiger charge is -2.22. The van der Waals surface area contributed by atoms with E-state index in [1.54, 1.807) is 11.3 Å². The Morgan fingerprint density at radius 2 is 1.81 bits per heavy atom. The summed E-state index contributed by atoms with van der Waals surface area (Å²) in [5, 5.41) is 15.4. The number of carboxylic acids is 1. The van der Waals surface area contributed by atoms with Gasteiger partial charge in [-0.05, 0) is 62.4 Å². The summed E-state index contributed by atoms with van der Waals surface area (Å²) < 4.78 is 5.16. The number of carboxylic acid groups (broad SMARTS) is 1. The topological polar surface area (TPSA) is 87.7 Å². The van der Waals surface area contributed by atoms with Gasteiger partial charge in [-0.1, -0.05) is 49.6 Å². The number of unbranched alkanes of at least 4 members (excludes halogenated alkanes) is 2. The first kappa shape index (κ1) is 24.3. The number of benzene rings is 1. The average Bonchev–Trinajstić information content (AvgIpc) is 3.25. The quantitative estimate of drug-likeness (QED) is 0.399. The standard InChI is InChI=1S/C25H34N2O4S/c28-24(29)23(27-25(30)31-18-20-8-4-1-5-9-20)17-22-12-11-21(32-22)10-6-2-3-7-19-13-15-26-16-14-19/h1,4-5,8-9,11-12,19,23,26H,2-3,6-7,10,13-18H2,(H,27,30)(H,28,29)/t23-/m0/s1. The summed E-state index contributed by atoms with van der Waals surface area (Å²) in [5.41, 5.74) is 0.855. The molecule has 1 aliphatic rings. The van der Waals surface area contributed by atoms with Gasteiger partial charge >= 0.3 is 12.1 Å². The molecular formula is C25H34N2O4S. The molecule has 0 radical (unpaired) electrons. The van der Waals surface area contributed by atoms with Crippen molar-refractivity contribution in [3.05, 3.63) is 57.8 Å². The second kappa shape index (κ2) is 13.2. The molecular weight excluding hydrogens is 424 g/mol. The molecule has 0 bridgehead atoms. The number of alkyl carbamates (subject to hydrolysis) is 1. The molecule has 1 aromatic heterocycles. The first-order valence-electron chi connectivity index (χ1n) is 11.6. The lowest BCUT2D eigenvalue weighted by atomic mass is 9.92. The monoisotopic (exact) mass is 458 g/mol. The van der Waals surface area contributed by atoms with Crippen LogP contribution in [-0.4, -0.2) is 36.3 Å². The number of rotatable bonds is 12. The third-order valence-corrected chi connectivity index (χ3v) is 7.09. The van der Waals surface area contributed by atoms with Crippen molar-refractivity contribution in [3.63, 3.8) is 0 Å². The van der Waals surface area contributed by atoms with E-state index in [0.717, 1.165) is 29.2 Å². The lowest BCUT2D eigenvalue weighted by molar-refractivity contribution is -0.139. The largest absolute Gasteiger partial charge is 0.480 e. The molecule has 6 nitrogen and oxygen atoms in total. The van der Waals surface area contributed by atoms with Crippen LogP contribution in [0.3, 0.4) is 0 Å². The number of piperidine rings is 1. The normalized spacial score (nSPS) is 15.2. The summed E-state index contributed by atoms with van der Waals surface area (Å²) in [5.74, 6) is -0.168. The van der Waals surface area contributed by atoms with E-state index in [-0.39, 0.29) is 13.0 Å². The summed E-state index contributed by atoms with van der Waals surface area (Å²) in [6.45, 7) is 2.44. The lowest BCUT2D eigenvalue weighted by Crippen LogP contribution is -2.42. The zero-order chi connectivity index (χ0) is 22.6. The molecule has 174 valence electrons. The third-order valence-electron chi connectivity index (χ3n) is 5.92. The van der Waals surface area contributed by atoms with Gasteiger partial charge < -0.3 is 20.5 Å². The van der Waals surface area contributed by atoms with Gasteiger partial charge in [-0.2, -0.15) is 0 Å². The highest BCUT2D eigenvalue weighted by Gasteiger charge is 2.22. The van der Waals surface area contributed by atoms with E-state index in [1.165, 1.54) is 50.1 Å². The molecule has 1 amide bonds. The molecule has 3 rings (SSSR count). The summed E-state index contributed by atoms with van der Waals surface area (Å²) >= 11 is 1.64. The number of nitrogens with one attached hydrogen (secondary N) is 2. The number of hydrogen-bond donors (Lipinski definition) is 3. The van der Waals surface area contributed by atoms with Crippen LogP contribution in [0.5, 0.6) is 0 Å². The van der Waals surface area contributed by atoms with Crippen LogP contribution < -0.4 is 10.6 Å². The Hall–Kier alpha value is -2.38. The van der Waals surface area contributed by atoms with Crippen LogP contribution in [0.1, 0.15) is 53.8 Å². The maximum atomic E-state index is 12.0. The minimum absolute atomic E-state index is 0.111. The van der Waals surface area contributed by atoms with Gasteiger partial charge in [-0.15, -0.1) is 11.3 Å². The molecule has 32 heavy (non-hydrogen) atoms. The second-order valence-electron chi connectivity index (χ2n) is 8.46. The SMILES string of the molecule is O=C(N[C@@H](Cc1ccc(CCCCCC2CCNCC2)s1)C(=O)O)OCc1ccccc1. The van der Waals surface area contributed by atoms with Gasteiger partial charge in [0.25, 0.3) is 0 Å². The van der Waals surface area contributed by atoms with Crippen LogP contribution in [-0.2, 0) is 29.0 Å². The van der Waals surface area contributed by atoms with E-state index in [1.807, 2.05) is 36.4 Å². The number of carbonyl (C=O) groups is 2. The zero-order valence-electron chi connectivity index (χ0n) is 18.6. The van der Waals surface area contributed by atoms with Crippen molar-refractivity contribution in [1.29, 1.82) is 0 Å². The van der Waals surface area contributed by atoms with Crippen molar-refractivity contribution >= 4 is 23.4 Å². The van der Waals surface area contributed by atoms with Gasteiger partial charge in [0.2, 0.25) is 0 Å². The van der Waals surface area contributed by atoms with Crippen LogP contribution in [0.4, 0.5) is 4.79 Å². The molecule has 0 unspecified atom stereocenters. The van der Waals surface area contributed by atoms with E-state index in [9.17, 15) is 14.7 Å². The first-order valence-corrected chi connectivity index (χ1v) is 12.4. The molecule has 2 aromatic rings. The summed E-state index contributed by atoms with van der Waals surface area (Å²) in [4.78, 5) is 25.9. The van der Waals surface area contributed by atoms with Crippen LogP contribution in [0.2, 0.25) is 0 Å². The predicted octanol–water partition coefficient (Wildman–Crippen LogP) is 4.77. The van der Waals surface area contributed by atoms with Crippen molar-refractivity contribution < 1.29 is 19.4 Å². The van der Waals surface area contributed by atoms with Gasteiger partial charge in [-0.25, -0.2) is 9.59 Å². The van der Waals surface area contributed by atoms with Gasteiger partial charge in [0.1, 0.15) is 12.6 Å². The molecule has 0 aliphatic carbocycles. The summed E-state index contributed by atoms with van der Waals surface area (Å²) in [6, 6.07) is 12.4. The Morgan fingerprint density at radius 3 is 2.56 bits per heavy atom. The van der Waals surface area contributed by atoms with Crippen molar-refractivity contribution in [2.24, 2.45) is 5.92 Å². The molecule has 1 atom stereocenters. The van der Waals surface area contributed by atoms with Crippen molar-refractivity contribution in [1.82, 2.24) is 10.6 Å². The molecule has 1 saturated heterocycles. The highest BCUT2D eigenvalue weighted by Crippen LogP contribution is 2.23. The average molecular weight is 459 g/mol. The fraction of sp³-hybridized carbons (Fsp3) is 0.520. The van der Waals surface area contributed by atoms with E-state index in [0.29, 0.717) is 0 Å². The van der Waals surface area contributed by atoms with Gasteiger partial charge in [0, 0.05) is 16.2 Å². The third kappa shape index (κ3) is 8.63. The number of carbonyl (C=O) groups excluding carboxylic acids is 1. The number of ether oxygens (including phenoxy) is 1. The summed E-state index contributed by atoms with van der Waals surface area (Å²) in [7, 11) is 0. The minimum atomic E-state index is -1.06. The number of aliphatic carboxylic acids is 1. The number of hydrogen-bond acceptors (Lipinski definition) is 5. The van der Waals surface area contributed by atoms with Crippen molar-refractivity contribution in [3.8, 4) is 0 Å². The molecule has 0 saturated carbocycles. The molecule has 1 aliphatic heterocycles. The molecule has 1 fully saturated rings. The highest BCUT2D eigenvalue weighted by molar-refractivity contribution is 7.12. The highest BCUT2D eigenvalue weighted by atomic mass is 32.1. The Labute approximate surface area is 194 Å².